The number of benzene rings is 1. The Morgan fingerprint density at radius 3 is 2.39 bits per heavy atom. The lowest BCUT2D eigenvalue weighted by Gasteiger charge is -2.27. The molecule has 0 saturated heterocycles. The summed E-state index contributed by atoms with van der Waals surface area (Å²) < 4.78 is 0. The first kappa shape index (κ1) is 15.1. The van der Waals surface area contributed by atoms with Crippen LogP contribution >= 0.6 is 23.2 Å². The third kappa shape index (κ3) is 3.75. The summed E-state index contributed by atoms with van der Waals surface area (Å²) in [6, 6.07) is 2.77. The Morgan fingerprint density at radius 2 is 1.89 bits per heavy atom. The predicted octanol–water partition coefficient (Wildman–Crippen LogP) is 4.89. The first-order chi connectivity index (χ1) is 8.26. The van der Waals surface area contributed by atoms with Crippen LogP contribution in [0.25, 0.3) is 0 Å². The van der Waals surface area contributed by atoms with Crippen molar-refractivity contribution in [3.05, 3.63) is 32.3 Å². The summed E-state index contributed by atoms with van der Waals surface area (Å²) in [5.41, 5.74) is 0.0952. The Labute approximate surface area is 116 Å². The second-order valence-electron chi connectivity index (χ2n) is 4.80. The van der Waals surface area contributed by atoms with Gasteiger partial charge in [-0.15, -0.1) is 0 Å². The van der Waals surface area contributed by atoms with Gasteiger partial charge >= 0.3 is 0 Å². The standard InChI is InChI=1S/C12H16Cl2N2O2/c1-4-5-12(2,3)15-10-6-8(13)9(14)7-11(10)16(17)18/h6-7,15H,4-5H2,1-3H3. The van der Waals surface area contributed by atoms with Crippen LogP contribution in [-0.4, -0.2) is 10.5 Å². The summed E-state index contributed by atoms with van der Waals surface area (Å²) in [6.45, 7) is 6.04. The minimum atomic E-state index is -0.466. The third-order valence-electron chi connectivity index (χ3n) is 2.58. The maximum absolute atomic E-state index is 11.0. The van der Waals surface area contributed by atoms with Gasteiger partial charge in [0.1, 0.15) is 5.69 Å². The lowest BCUT2D eigenvalue weighted by molar-refractivity contribution is -0.384. The summed E-state index contributed by atoms with van der Waals surface area (Å²) in [4.78, 5) is 10.5. The second-order valence-corrected chi connectivity index (χ2v) is 5.61. The zero-order chi connectivity index (χ0) is 13.9. The van der Waals surface area contributed by atoms with E-state index < -0.39 is 4.92 Å². The number of hydrogen-bond donors (Lipinski definition) is 1. The Bertz CT molecular complexity index is 462. The summed E-state index contributed by atoms with van der Waals surface area (Å²) in [6.07, 6.45) is 1.87. The van der Waals surface area contributed by atoms with Crippen molar-refractivity contribution in [1.29, 1.82) is 0 Å². The largest absolute Gasteiger partial charge is 0.375 e. The lowest BCUT2D eigenvalue weighted by Crippen LogP contribution is -2.30. The normalized spacial score (nSPS) is 11.4. The molecule has 0 radical (unpaired) electrons. The molecule has 0 fully saturated rings. The van der Waals surface area contributed by atoms with Gasteiger partial charge in [-0.3, -0.25) is 10.1 Å². The van der Waals surface area contributed by atoms with Gasteiger partial charge in [-0.05, 0) is 26.3 Å². The fourth-order valence-corrected chi connectivity index (χ4v) is 2.16. The molecule has 4 nitrogen and oxygen atoms in total. The molecule has 100 valence electrons. The zero-order valence-electron chi connectivity index (χ0n) is 10.6. The lowest BCUT2D eigenvalue weighted by atomic mass is 9.98. The van der Waals surface area contributed by atoms with E-state index in [1.54, 1.807) is 0 Å². The maximum Gasteiger partial charge on any atom is 0.293 e. The van der Waals surface area contributed by atoms with Crippen LogP contribution in [0.4, 0.5) is 11.4 Å². The maximum atomic E-state index is 11.0. The molecule has 1 rings (SSSR count). The molecule has 0 aromatic heterocycles. The Balaban J connectivity index is 3.15. The average Bonchev–Trinajstić information content (AvgIpc) is 2.22. The van der Waals surface area contributed by atoms with Crippen LogP contribution in [0.15, 0.2) is 12.1 Å². The SMILES string of the molecule is CCCC(C)(C)Nc1cc(Cl)c(Cl)cc1[N+](=O)[O-]. The molecule has 18 heavy (non-hydrogen) atoms. The Kier molecular flexibility index (Phi) is 4.82. The summed E-state index contributed by atoms with van der Waals surface area (Å²) in [5, 5.41) is 14.6. The van der Waals surface area contributed by atoms with Crippen LogP contribution in [0, 0.1) is 10.1 Å². The molecule has 0 amide bonds. The van der Waals surface area contributed by atoms with Crippen LogP contribution < -0.4 is 5.32 Å². The minimum Gasteiger partial charge on any atom is -0.375 e. The highest BCUT2D eigenvalue weighted by molar-refractivity contribution is 6.42. The van der Waals surface area contributed by atoms with E-state index in [2.05, 4.69) is 12.2 Å². The van der Waals surface area contributed by atoms with Crippen LogP contribution in [-0.2, 0) is 0 Å². The molecule has 0 aliphatic carbocycles. The molecular weight excluding hydrogens is 275 g/mol. The number of hydrogen-bond acceptors (Lipinski definition) is 3. The van der Waals surface area contributed by atoms with E-state index in [1.807, 2.05) is 13.8 Å². The monoisotopic (exact) mass is 290 g/mol. The van der Waals surface area contributed by atoms with Crippen molar-refractivity contribution < 1.29 is 4.92 Å². The van der Waals surface area contributed by atoms with Gasteiger partial charge in [-0.2, -0.15) is 0 Å². The van der Waals surface area contributed by atoms with E-state index in [0.717, 1.165) is 12.8 Å². The third-order valence-corrected chi connectivity index (χ3v) is 3.31. The molecule has 6 heteroatoms. The number of anilines is 1. The van der Waals surface area contributed by atoms with E-state index in [0.29, 0.717) is 10.7 Å². The molecular formula is C12H16Cl2N2O2. The Morgan fingerprint density at radius 1 is 1.33 bits per heavy atom. The van der Waals surface area contributed by atoms with Crippen molar-refractivity contribution in [3.63, 3.8) is 0 Å². The zero-order valence-corrected chi connectivity index (χ0v) is 12.1. The van der Waals surface area contributed by atoms with Gasteiger partial charge in [0.15, 0.2) is 0 Å². The first-order valence-corrected chi connectivity index (χ1v) is 6.44. The number of rotatable bonds is 5. The van der Waals surface area contributed by atoms with Crippen molar-refractivity contribution in [3.8, 4) is 0 Å². The molecule has 1 aromatic rings. The van der Waals surface area contributed by atoms with Crippen molar-refractivity contribution >= 4 is 34.6 Å². The van der Waals surface area contributed by atoms with Crippen molar-refractivity contribution in [1.82, 2.24) is 0 Å². The minimum absolute atomic E-state index is 0.0615. The molecule has 0 atom stereocenters. The molecule has 0 spiro atoms. The number of nitro benzene ring substituents is 1. The van der Waals surface area contributed by atoms with Gasteiger partial charge in [-0.1, -0.05) is 36.5 Å². The fourth-order valence-electron chi connectivity index (χ4n) is 1.84. The second kappa shape index (κ2) is 5.76. The van der Waals surface area contributed by atoms with Crippen LogP contribution in [0.1, 0.15) is 33.6 Å². The van der Waals surface area contributed by atoms with Gasteiger partial charge in [0.05, 0.1) is 15.0 Å². The van der Waals surface area contributed by atoms with Crippen molar-refractivity contribution in [2.75, 3.05) is 5.32 Å². The average molecular weight is 291 g/mol. The molecule has 0 heterocycles. The van der Waals surface area contributed by atoms with E-state index in [-0.39, 0.29) is 16.2 Å². The number of nitro groups is 1. The van der Waals surface area contributed by atoms with Gasteiger partial charge in [-0.25, -0.2) is 0 Å². The predicted molar refractivity (Wildman–Crippen MR) is 75.7 cm³/mol. The van der Waals surface area contributed by atoms with E-state index in [9.17, 15) is 10.1 Å². The Hall–Kier alpha value is -1.00. The molecule has 1 aromatic carbocycles. The van der Waals surface area contributed by atoms with E-state index >= 15 is 0 Å². The van der Waals surface area contributed by atoms with Crippen molar-refractivity contribution in [2.45, 2.75) is 39.2 Å². The molecule has 1 N–H and O–H groups in total. The number of halogens is 2. The van der Waals surface area contributed by atoms with Crippen molar-refractivity contribution in [2.24, 2.45) is 0 Å². The van der Waals surface area contributed by atoms with Gasteiger partial charge in [0.25, 0.3) is 5.69 Å². The van der Waals surface area contributed by atoms with Crippen LogP contribution in [0.3, 0.4) is 0 Å². The topological polar surface area (TPSA) is 55.2 Å². The molecule has 0 saturated carbocycles. The van der Waals surface area contributed by atoms with E-state index in [4.69, 9.17) is 23.2 Å². The molecule has 0 aliphatic rings. The van der Waals surface area contributed by atoms with Gasteiger partial charge in [0.2, 0.25) is 0 Å². The molecule has 0 unspecified atom stereocenters. The number of nitrogens with zero attached hydrogens (tertiary/aromatic N) is 1. The van der Waals surface area contributed by atoms with Crippen LogP contribution in [0.5, 0.6) is 0 Å². The smallest absolute Gasteiger partial charge is 0.293 e. The molecule has 0 bridgehead atoms. The highest BCUT2D eigenvalue weighted by Gasteiger charge is 2.23. The summed E-state index contributed by atoms with van der Waals surface area (Å²) in [5.74, 6) is 0. The summed E-state index contributed by atoms with van der Waals surface area (Å²) in [7, 11) is 0. The number of nitrogens with one attached hydrogen (secondary N) is 1. The highest BCUT2D eigenvalue weighted by atomic mass is 35.5. The van der Waals surface area contributed by atoms with Crippen LogP contribution in [0.2, 0.25) is 10.0 Å². The fraction of sp³-hybridized carbons (Fsp3) is 0.500. The summed E-state index contributed by atoms with van der Waals surface area (Å²) >= 11 is 11.7. The quantitative estimate of drug-likeness (QED) is 0.620. The van der Waals surface area contributed by atoms with Gasteiger partial charge in [0, 0.05) is 11.6 Å². The highest BCUT2D eigenvalue weighted by Crippen LogP contribution is 2.35. The molecule has 0 aliphatic heterocycles. The van der Waals surface area contributed by atoms with Gasteiger partial charge < -0.3 is 5.32 Å². The van der Waals surface area contributed by atoms with E-state index in [1.165, 1.54) is 12.1 Å². The first-order valence-electron chi connectivity index (χ1n) is 5.68.